The lowest BCUT2D eigenvalue weighted by Crippen LogP contribution is -2.44. The summed E-state index contributed by atoms with van der Waals surface area (Å²) in [4.78, 5) is 25.5. The number of alkyl halides is 3. The van der Waals surface area contributed by atoms with Crippen molar-refractivity contribution in [3.8, 4) is 5.82 Å². The number of hydrogen-bond acceptors (Lipinski definition) is 6. The molecule has 0 saturated heterocycles. The summed E-state index contributed by atoms with van der Waals surface area (Å²) < 4.78 is 63.2. The molecular weight excluding hydrogens is 393 g/mol. The van der Waals surface area contributed by atoms with Crippen LogP contribution in [-0.4, -0.2) is 41.7 Å². The molecule has 27 heavy (non-hydrogen) atoms. The maximum absolute atomic E-state index is 11.9. The van der Waals surface area contributed by atoms with E-state index < -0.39 is 15.6 Å². The van der Waals surface area contributed by atoms with Gasteiger partial charge in [-0.2, -0.15) is 17.7 Å². The highest BCUT2D eigenvalue weighted by molar-refractivity contribution is 7.86. The van der Waals surface area contributed by atoms with E-state index in [0.29, 0.717) is 5.82 Å². The Morgan fingerprint density at radius 1 is 1.07 bits per heavy atom. The topological polar surface area (TPSA) is 108 Å². The molecule has 0 aliphatic carbocycles. The Kier molecular flexibility index (Phi) is 6.56. The lowest BCUT2D eigenvalue weighted by molar-refractivity contribution is -0.601. The van der Waals surface area contributed by atoms with Crippen molar-refractivity contribution in [1.82, 2.24) is 9.13 Å². The summed E-state index contributed by atoms with van der Waals surface area (Å²) in [5, 5.41) is 0. The second-order valence-corrected chi connectivity index (χ2v) is 6.87. The Hall–Kier alpha value is -2.67. The van der Waals surface area contributed by atoms with Crippen LogP contribution in [0.4, 0.5) is 18.9 Å². The SMILES string of the molecule is CN(C)c1cc[n+](-c2cc(=O)n(C)c(=O)n2C)cc1.O=S(=O)([O-])C(F)(F)F. The van der Waals surface area contributed by atoms with Gasteiger partial charge < -0.3 is 9.45 Å². The number of nitrogens with zero attached hydrogens (tertiary/aromatic N) is 4. The van der Waals surface area contributed by atoms with Crippen molar-refractivity contribution in [2.24, 2.45) is 14.1 Å². The molecule has 150 valence electrons. The number of halogens is 3. The van der Waals surface area contributed by atoms with Crippen molar-refractivity contribution in [2.75, 3.05) is 19.0 Å². The van der Waals surface area contributed by atoms with Gasteiger partial charge in [-0.25, -0.2) is 22.3 Å². The van der Waals surface area contributed by atoms with E-state index in [9.17, 15) is 22.8 Å². The first-order valence-electron chi connectivity index (χ1n) is 7.15. The van der Waals surface area contributed by atoms with Crippen LogP contribution in [0.15, 0.2) is 40.2 Å². The molecule has 0 spiro atoms. The Morgan fingerprint density at radius 2 is 1.52 bits per heavy atom. The summed E-state index contributed by atoms with van der Waals surface area (Å²) >= 11 is 0. The molecule has 0 radical (unpaired) electrons. The zero-order valence-electron chi connectivity index (χ0n) is 14.8. The summed E-state index contributed by atoms with van der Waals surface area (Å²) in [5.41, 5.74) is -5.26. The van der Waals surface area contributed by atoms with E-state index >= 15 is 0 Å². The molecule has 0 fully saturated rings. The van der Waals surface area contributed by atoms with Gasteiger partial charge in [-0.05, 0) is 0 Å². The molecule has 0 N–H and O–H groups in total. The zero-order chi connectivity index (χ0) is 21.2. The Balaban J connectivity index is 0.000000387. The van der Waals surface area contributed by atoms with E-state index in [0.717, 1.165) is 10.3 Å². The maximum atomic E-state index is 11.9. The number of hydrogen-bond donors (Lipinski definition) is 0. The van der Waals surface area contributed by atoms with E-state index in [1.165, 1.54) is 17.7 Å². The van der Waals surface area contributed by atoms with E-state index in [2.05, 4.69) is 0 Å². The number of aromatic nitrogens is 3. The van der Waals surface area contributed by atoms with Gasteiger partial charge in [-0.1, -0.05) is 0 Å². The molecular formula is C14H17F3N4O5S. The van der Waals surface area contributed by atoms with Gasteiger partial charge in [0.1, 0.15) is 0 Å². The van der Waals surface area contributed by atoms with Gasteiger partial charge in [-0.3, -0.25) is 4.79 Å². The van der Waals surface area contributed by atoms with Crippen molar-refractivity contribution in [3.63, 3.8) is 0 Å². The largest absolute Gasteiger partial charge is 0.741 e. The number of rotatable bonds is 2. The fraction of sp³-hybridized carbons (Fsp3) is 0.357. The molecule has 2 heterocycles. The van der Waals surface area contributed by atoms with Crippen LogP contribution in [0.1, 0.15) is 0 Å². The smallest absolute Gasteiger partial charge is 0.485 e. The molecule has 0 aromatic carbocycles. The van der Waals surface area contributed by atoms with Crippen LogP contribution in [0.3, 0.4) is 0 Å². The Bertz CT molecular complexity index is 1020. The second kappa shape index (κ2) is 7.92. The first-order valence-corrected chi connectivity index (χ1v) is 8.56. The molecule has 2 rings (SSSR count). The van der Waals surface area contributed by atoms with Crippen LogP contribution in [0.5, 0.6) is 0 Å². The molecule has 0 bridgehead atoms. The third-order valence-electron chi connectivity index (χ3n) is 3.38. The summed E-state index contributed by atoms with van der Waals surface area (Å²) in [7, 11) is 0.923. The molecule has 0 amide bonds. The lowest BCUT2D eigenvalue weighted by Gasteiger charge is -2.11. The quantitative estimate of drug-likeness (QED) is 0.375. The average molecular weight is 410 g/mol. The first-order chi connectivity index (χ1) is 12.2. The fourth-order valence-electron chi connectivity index (χ4n) is 1.84. The highest BCUT2D eigenvalue weighted by Gasteiger charge is 2.36. The van der Waals surface area contributed by atoms with Gasteiger partial charge in [0, 0.05) is 39.0 Å². The molecule has 0 saturated carbocycles. The van der Waals surface area contributed by atoms with Gasteiger partial charge >= 0.3 is 11.2 Å². The van der Waals surface area contributed by atoms with Crippen molar-refractivity contribution in [2.45, 2.75) is 5.51 Å². The van der Waals surface area contributed by atoms with Gasteiger partial charge in [-0.15, -0.1) is 0 Å². The standard InChI is InChI=1S/C13H17N4O2.CHF3O3S/c1-14(2)10-5-7-17(8-6-10)11-9-12(18)16(4)13(19)15(11)3;2-1(3,4)8(5,6)7/h5-9H,1-4H3;(H,5,6,7)/q+1;/p-1. The highest BCUT2D eigenvalue weighted by Crippen LogP contribution is 2.20. The van der Waals surface area contributed by atoms with E-state index in [-0.39, 0.29) is 11.2 Å². The fourth-order valence-corrected chi connectivity index (χ4v) is 1.84. The lowest BCUT2D eigenvalue weighted by atomic mass is 10.3. The predicted octanol–water partition coefficient (Wildman–Crippen LogP) is -0.522. The van der Waals surface area contributed by atoms with Crippen LogP contribution >= 0.6 is 0 Å². The third-order valence-corrected chi connectivity index (χ3v) is 3.94. The van der Waals surface area contributed by atoms with Crippen LogP contribution < -0.4 is 20.7 Å². The summed E-state index contributed by atoms with van der Waals surface area (Å²) in [6.45, 7) is 0. The maximum Gasteiger partial charge on any atom is 0.485 e. The predicted molar refractivity (Wildman–Crippen MR) is 88.5 cm³/mol. The van der Waals surface area contributed by atoms with Crippen molar-refractivity contribution < 1.29 is 30.7 Å². The summed E-state index contributed by atoms with van der Waals surface area (Å²) in [5.74, 6) is 0.540. The Morgan fingerprint density at radius 3 is 1.89 bits per heavy atom. The second-order valence-electron chi connectivity index (χ2n) is 5.50. The van der Waals surface area contributed by atoms with Crippen LogP contribution in [0.2, 0.25) is 0 Å². The minimum atomic E-state index is -6.09. The normalized spacial score (nSPS) is 11.6. The third kappa shape index (κ3) is 5.40. The van der Waals surface area contributed by atoms with Gasteiger partial charge in [0.05, 0.1) is 25.5 Å². The van der Waals surface area contributed by atoms with Gasteiger partial charge in [0.25, 0.3) is 11.4 Å². The van der Waals surface area contributed by atoms with Crippen LogP contribution in [0, 0.1) is 0 Å². The zero-order valence-corrected chi connectivity index (χ0v) is 15.6. The highest BCUT2D eigenvalue weighted by atomic mass is 32.2. The molecule has 0 aliphatic heterocycles. The molecule has 2 aromatic heterocycles. The first kappa shape index (κ1) is 22.4. The van der Waals surface area contributed by atoms with Crippen LogP contribution in [0.25, 0.3) is 5.82 Å². The molecule has 2 aromatic rings. The number of pyridine rings is 1. The molecule has 0 atom stereocenters. The van der Waals surface area contributed by atoms with Gasteiger partial charge in [0.15, 0.2) is 10.1 Å². The molecule has 0 aliphatic rings. The minimum absolute atomic E-state index is 0.317. The van der Waals surface area contributed by atoms with E-state index in [4.69, 9.17) is 13.0 Å². The summed E-state index contributed by atoms with van der Waals surface area (Å²) in [6.07, 6.45) is 3.65. The Labute approximate surface area is 152 Å². The van der Waals surface area contributed by atoms with Crippen LogP contribution in [-0.2, 0) is 24.2 Å². The van der Waals surface area contributed by atoms with Crippen molar-refractivity contribution in [1.29, 1.82) is 0 Å². The molecule has 0 unspecified atom stereocenters. The van der Waals surface area contributed by atoms with Crippen molar-refractivity contribution >= 4 is 15.8 Å². The average Bonchev–Trinajstić information content (AvgIpc) is 2.55. The van der Waals surface area contributed by atoms with Gasteiger partial charge in [0.2, 0.25) is 0 Å². The summed E-state index contributed by atoms with van der Waals surface area (Å²) in [6, 6.07) is 5.28. The monoisotopic (exact) mass is 410 g/mol. The molecule has 13 heteroatoms. The molecule has 9 nitrogen and oxygen atoms in total. The number of anilines is 1. The van der Waals surface area contributed by atoms with E-state index in [1.807, 2.05) is 43.5 Å². The van der Waals surface area contributed by atoms with E-state index in [1.54, 1.807) is 11.6 Å². The van der Waals surface area contributed by atoms with Crippen molar-refractivity contribution in [3.05, 3.63) is 51.4 Å². The minimum Gasteiger partial charge on any atom is -0.741 e.